The molecule has 0 aliphatic carbocycles. The minimum atomic E-state index is -1.31. The van der Waals surface area contributed by atoms with Crippen molar-refractivity contribution >= 4 is 30.1 Å². The number of rotatable bonds is 8. The van der Waals surface area contributed by atoms with E-state index in [4.69, 9.17) is 28.4 Å². The maximum absolute atomic E-state index is 11.9. The zero-order valence-electron chi connectivity index (χ0n) is 19.0. The lowest BCUT2D eigenvalue weighted by Crippen LogP contribution is -2.61. The first-order chi connectivity index (χ1) is 15.6. The van der Waals surface area contributed by atoms with Crippen LogP contribution < -0.4 is 4.74 Å². The van der Waals surface area contributed by atoms with E-state index in [-0.39, 0.29) is 6.61 Å². The van der Waals surface area contributed by atoms with Gasteiger partial charge in [-0.1, -0.05) is 0 Å². The topological polar surface area (TPSA) is 136 Å². The Labute approximate surface area is 190 Å². The summed E-state index contributed by atoms with van der Waals surface area (Å²) in [7, 11) is 1.54. The van der Waals surface area contributed by atoms with E-state index in [2.05, 4.69) is 4.99 Å². The number of aliphatic imine (C=N–C) groups is 1. The van der Waals surface area contributed by atoms with Gasteiger partial charge in [0.1, 0.15) is 18.5 Å². The Kier molecular flexibility index (Phi) is 9.34. The SMILES string of the molecule is COc1ccc(C=N[C@H]2[C@H](OC(C)=O)O[C@@H](COC(C)=O)[C@@H](OC(C)=O)[C@@H]2OC(C)=O)cc1. The number of ether oxygens (including phenoxy) is 6. The summed E-state index contributed by atoms with van der Waals surface area (Å²) in [6, 6.07) is 5.84. The summed E-state index contributed by atoms with van der Waals surface area (Å²) in [5.74, 6) is -2.00. The molecule has 1 aromatic rings. The number of methoxy groups -OCH3 is 1. The van der Waals surface area contributed by atoms with Crippen LogP contribution in [-0.4, -0.2) is 74.5 Å². The average Bonchev–Trinajstić information content (AvgIpc) is 2.73. The standard InChI is InChI=1S/C22H27NO10/c1-12(24)29-11-18-20(30-13(2)25)21(31-14(3)26)19(22(33-18)32-15(4)27)23-10-16-6-8-17(28-5)9-7-16/h6-10,18-22H,11H2,1-5H3/t18-,19+,20+,21+,22+/m0/s1. The Morgan fingerprint density at radius 3 is 1.97 bits per heavy atom. The minimum Gasteiger partial charge on any atom is -0.497 e. The van der Waals surface area contributed by atoms with Crippen LogP contribution in [0.15, 0.2) is 29.3 Å². The van der Waals surface area contributed by atoms with Gasteiger partial charge in [-0.05, 0) is 29.8 Å². The molecule has 33 heavy (non-hydrogen) atoms. The molecule has 11 heteroatoms. The number of carbonyl (C=O) groups is 4. The molecule has 0 bridgehead atoms. The first-order valence-corrected chi connectivity index (χ1v) is 10.1. The molecule has 1 aromatic carbocycles. The zero-order valence-corrected chi connectivity index (χ0v) is 19.0. The monoisotopic (exact) mass is 465 g/mol. The van der Waals surface area contributed by atoms with E-state index in [0.717, 1.165) is 0 Å². The van der Waals surface area contributed by atoms with Gasteiger partial charge in [-0.3, -0.25) is 24.2 Å². The molecule has 0 spiro atoms. The molecule has 0 radical (unpaired) electrons. The Bertz CT molecular complexity index is 882. The highest BCUT2D eigenvalue weighted by Gasteiger charge is 2.51. The second-order valence-corrected chi connectivity index (χ2v) is 7.14. The Balaban J connectivity index is 2.45. The van der Waals surface area contributed by atoms with Gasteiger partial charge < -0.3 is 28.4 Å². The number of benzene rings is 1. The van der Waals surface area contributed by atoms with E-state index < -0.39 is 54.5 Å². The molecule has 0 saturated carbocycles. The van der Waals surface area contributed by atoms with Crippen LogP contribution in [0, 0.1) is 0 Å². The van der Waals surface area contributed by atoms with Crippen molar-refractivity contribution in [2.75, 3.05) is 13.7 Å². The van der Waals surface area contributed by atoms with Crippen molar-refractivity contribution in [2.24, 2.45) is 4.99 Å². The molecule has 0 amide bonds. The third-order valence-corrected chi connectivity index (χ3v) is 4.46. The molecule has 11 nitrogen and oxygen atoms in total. The van der Waals surface area contributed by atoms with Gasteiger partial charge in [0.05, 0.1) is 7.11 Å². The van der Waals surface area contributed by atoms with Gasteiger partial charge in [0.25, 0.3) is 0 Å². The van der Waals surface area contributed by atoms with Crippen LogP contribution in [0.4, 0.5) is 0 Å². The molecule has 1 aliphatic heterocycles. The fraction of sp³-hybridized carbons (Fsp3) is 0.500. The van der Waals surface area contributed by atoms with Crippen LogP contribution >= 0.6 is 0 Å². The van der Waals surface area contributed by atoms with Crippen LogP contribution in [-0.2, 0) is 42.9 Å². The lowest BCUT2D eigenvalue weighted by Gasteiger charge is -2.42. The maximum atomic E-state index is 11.9. The number of carbonyl (C=O) groups excluding carboxylic acids is 4. The van der Waals surface area contributed by atoms with Gasteiger partial charge in [0, 0.05) is 33.9 Å². The van der Waals surface area contributed by atoms with Gasteiger partial charge in [0.2, 0.25) is 6.29 Å². The zero-order chi connectivity index (χ0) is 24.5. The second-order valence-electron chi connectivity index (χ2n) is 7.14. The van der Waals surface area contributed by atoms with E-state index in [1.807, 2.05) is 0 Å². The molecular weight excluding hydrogens is 438 g/mol. The first-order valence-electron chi connectivity index (χ1n) is 10.1. The number of hydrogen-bond acceptors (Lipinski definition) is 11. The van der Waals surface area contributed by atoms with Gasteiger partial charge in [-0.2, -0.15) is 0 Å². The van der Waals surface area contributed by atoms with Crippen molar-refractivity contribution < 1.29 is 47.6 Å². The van der Waals surface area contributed by atoms with Crippen LogP contribution in [0.5, 0.6) is 5.75 Å². The Hall–Kier alpha value is -3.47. The molecule has 0 unspecified atom stereocenters. The van der Waals surface area contributed by atoms with E-state index in [9.17, 15) is 19.2 Å². The van der Waals surface area contributed by atoms with Gasteiger partial charge in [-0.25, -0.2) is 0 Å². The fourth-order valence-corrected chi connectivity index (χ4v) is 3.17. The molecule has 1 saturated heterocycles. The number of hydrogen-bond donors (Lipinski definition) is 0. The quantitative estimate of drug-likeness (QED) is 0.313. The largest absolute Gasteiger partial charge is 0.497 e. The minimum absolute atomic E-state index is 0.336. The molecule has 0 N–H and O–H groups in total. The van der Waals surface area contributed by atoms with E-state index in [0.29, 0.717) is 11.3 Å². The lowest BCUT2D eigenvalue weighted by molar-refractivity contribution is -0.266. The molecule has 1 fully saturated rings. The Morgan fingerprint density at radius 1 is 0.879 bits per heavy atom. The number of esters is 4. The third-order valence-electron chi connectivity index (χ3n) is 4.46. The van der Waals surface area contributed by atoms with Crippen molar-refractivity contribution in [3.8, 4) is 5.75 Å². The summed E-state index contributed by atoms with van der Waals surface area (Å²) < 4.78 is 32.0. The van der Waals surface area contributed by atoms with Crippen molar-refractivity contribution in [1.29, 1.82) is 0 Å². The predicted octanol–water partition coefficient (Wildman–Crippen LogP) is 1.20. The third kappa shape index (κ3) is 7.86. The molecule has 180 valence electrons. The fourth-order valence-electron chi connectivity index (χ4n) is 3.17. The average molecular weight is 465 g/mol. The van der Waals surface area contributed by atoms with Crippen LogP contribution in [0.25, 0.3) is 0 Å². The normalized spacial score (nSPS) is 24.6. The summed E-state index contributed by atoms with van der Waals surface area (Å²) in [5.41, 5.74) is 0.671. The maximum Gasteiger partial charge on any atom is 0.305 e. The summed E-state index contributed by atoms with van der Waals surface area (Å²) in [6.07, 6.45) is -3.31. The van der Waals surface area contributed by atoms with Gasteiger partial charge in [0.15, 0.2) is 18.2 Å². The molecule has 5 atom stereocenters. The van der Waals surface area contributed by atoms with Crippen molar-refractivity contribution in [3.05, 3.63) is 29.8 Å². The molecule has 1 heterocycles. The van der Waals surface area contributed by atoms with E-state index in [1.165, 1.54) is 41.0 Å². The van der Waals surface area contributed by atoms with Gasteiger partial charge in [-0.15, -0.1) is 0 Å². The molecule has 0 aromatic heterocycles. The van der Waals surface area contributed by atoms with Crippen LogP contribution in [0.2, 0.25) is 0 Å². The number of nitrogens with zero attached hydrogens (tertiary/aromatic N) is 1. The second kappa shape index (κ2) is 12.0. The van der Waals surface area contributed by atoms with Gasteiger partial charge >= 0.3 is 23.9 Å². The first kappa shape index (κ1) is 25.8. The molecule has 1 aliphatic rings. The molecular formula is C22H27NO10. The summed E-state index contributed by atoms with van der Waals surface area (Å²) in [6.45, 7) is 4.37. The summed E-state index contributed by atoms with van der Waals surface area (Å²) in [4.78, 5) is 51.1. The Morgan fingerprint density at radius 2 is 1.45 bits per heavy atom. The van der Waals surface area contributed by atoms with E-state index >= 15 is 0 Å². The van der Waals surface area contributed by atoms with Crippen LogP contribution in [0.3, 0.4) is 0 Å². The highest BCUT2D eigenvalue weighted by Crippen LogP contribution is 2.30. The van der Waals surface area contributed by atoms with E-state index in [1.54, 1.807) is 24.3 Å². The van der Waals surface area contributed by atoms with Crippen molar-refractivity contribution in [1.82, 2.24) is 0 Å². The summed E-state index contributed by atoms with van der Waals surface area (Å²) in [5, 5.41) is 0. The van der Waals surface area contributed by atoms with Crippen LogP contribution in [0.1, 0.15) is 33.3 Å². The smallest absolute Gasteiger partial charge is 0.305 e. The summed E-state index contributed by atoms with van der Waals surface area (Å²) >= 11 is 0. The molecule has 2 rings (SSSR count). The highest BCUT2D eigenvalue weighted by molar-refractivity contribution is 5.80. The highest BCUT2D eigenvalue weighted by atomic mass is 16.7. The lowest BCUT2D eigenvalue weighted by atomic mass is 9.96. The predicted molar refractivity (Wildman–Crippen MR) is 113 cm³/mol. The van der Waals surface area contributed by atoms with Crippen molar-refractivity contribution in [2.45, 2.75) is 58.3 Å². The van der Waals surface area contributed by atoms with Crippen molar-refractivity contribution in [3.63, 3.8) is 0 Å².